The summed E-state index contributed by atoms with van der Waals surface area (Å²) in [5, 5.41) is 16.0. The van der Waals surface area contributed by atoms with E-state index in [-0.39, 0.29) is 22.4 Å². The molecule has 0 spiro atoms. The van der Waals surface area contributed by atoms with Crippen LogP contribution in [0.2, 0.25) is 0 Å². The first-order valence-electron chi connectivity index (χ1n) is 11.4. The van der Waals surface area contributed by atoms with Gasteiger partial charge in [-0.15, -0.1) is 11.8 Å². The second kappa shape index (κ2) is 9.33. The third-order valence-electron chi connectivity index (χ3n) is 6.58. The van der Waals surface area contributed by atoms with Gasteiger partial charge in [0.1, 0.15) is 43.2 Å². The van der Waals surface area contributed by atoms with Crippen LogP contribution in [0.4, 0.5) is 5.13 Å². The number of nitrogens with two attached hydrogens (primary N) is 1. The summed E-state index contributed by atoms with van der Waals surface area (Å²) in [5.41, 5.74) is 8.76. The van der Waals surface area contributed by atoms with Crippen LogP contribution in [0.25, 0.3) is 0 Å². The standard InChI is InChI=1S/C22H25N7O5S2/c1-29(7-11-5-3-4-6-12(11)8-29)9-13-10-35-20-15(19(31)28(20)16(13)21(32)33)24-18(30)14(26-34-2)17-25-22(23)36-27-17/h7-8,15,20H,3-6,9-10H2,1-2H3,(H3-,23,24,25,27,30,32,33)/p+1/b26-14-/t15-,20-/m1/s1. The van der Waals surface area contributed by atoms with Gasteiger partial charge in [-0.1, -0.05) is 5.16 Å². The van der Waals surface area contributed by atoms with E-state index in [1.165, 1.54) is 47.8 Å². The molecule has 0 unspecified atom stereocenters. The van der Waals surface area contributed by atoms with Gasteiger partial charge in [-0.3, -0.25) is 19.0 Å². The monoisotopic (exact) mass is 532 g/mol. The van der Waals surface area contributed by atoms with Crippen molar-refractivity contribution in [1.29, 1.82) is 0 Å². The lowest BCUT2D eigenvalue weighted by Crippen LogP contribution is -2.71. The summed E-state index contributed by atoms with van der Waals surface area (Å²) in [5.74, 6) is -1.94. The van der Waals surface area contributed by atoms with Crippen LogP contribution in [0.1, 0.15) is 31.5 Å². The quantitative estimate of drug-likeness (QED) is 0.201. The van der Waals surface area contributed by atoms with Crippen LogP contribution >= 0.6 is 23.3 Å². The molecule has 1 aliphatic carbocycles. The minimum atomic E-state index is -1.15. The number of carbonyl (C=O) groups excluding carboxylic acids is 2. The largest absolute Gasteiger partial charge is 0.477 e. The number of nitrogen functional groups attached to an aromatic ring is 1. The van der Waals surface area contributed by atoms with Gasteiger partial charge in [-0.25, -0.2) is 4.79 Å². The zero-order valence-electron chi connectivity index (χ0n) is 19.8. The summed E-state index contributed by atoms with van der Waals surface area (Å²) < 4.78 is 4.46. The average Bonchev–Trinajstić information content (AvgIpc) is 3.42. The molecule has 5 rings (SSSR count). The molecule has 0 radical (unpaired) electrons. The van der Waals surface area contributed by atoms with Crippen molar-refractivity contribution >= 4 is 51.9 Å². The molecule has 0 bridgehead atoms. The fourth-order valence-corrected chi connectivity index (χ4v) is 6.89. The van der Waals surface area contributed by atoms with Crippen LogP contribution in [-0.2, 0) is 19.2 Å². The third-order valence-corrected chi connectivity index (χ3v) is 8.46. The molecule has 0 aromatic carbocycles. The van der Waals surface area contributed by atoms with E-state index in [2.05, 4.69) is 39.3 Å². The number of nitrogens with zero attached hydrogens (tertiary/aromatic N) is 5. The number of likely N-dealkylation sites (N-methyl/N-ethyl adjacent to an activating group) is 1. The summed E-state index contributed by atoms with van der Waals surface area (Å²) in [7, 11) is 3.32. The second-order valence-electron chi connectivity index (χ2n) is 9.22. The molecule has 4 heterocycles. The number of carbonyl (C=O) groups is 3. The van der Waals surface area contributed by atoms with Crippen molar-refractivity contribution in [1.82, 2.24) is 19.6 Å². The molecule has 1 aromatic rings. The number of oxime groups is 1. The van der Waals surface area contributed by atoms with Crippen molar-refractivity contribution in [2.45, 2.75) is 37.1 Å². The van der Waals surface area contributed by atoms with E-state index >= 15 is 0 Å². The number of rotatable bonds is 7. The summed E-state index contributed by atoms with van der Waals surface area (Å²) in [6.45, 7) is 0.469. The first-order chi connectivity index (χ1) is 17.2. The Bertz CT molecular complexity index is 1250. The number of carboxylic acid groups (broad SMARTS) is 1. The molecular formula is C22H26N7O5S2+. The van der Waals surface area contributed by atoms with Crippen molar-refractivity contribution in [2.24, 2.45) is 5.16 Å². The summed E-state index contributed by atoms with van der Waals surface area (Å²) in [4.78, 5) is 48.2. The van der Waals surface area contributed by atoms with E-state index < -0.39 is 29.2 Å². The highest BCUT2D eigenvalue weighted by molar-refractivity contribution is 8.00. The lowest BCUT2D eigenvalue weighted by atomic mass is 9.92. The Morgan fingerprint density at radius 2 is 2.03 bits per heavy atom. The maximum Gasteiger partial charge on any atom is 0.352 e. The molecule has 3 aliphatic heterocycles. The molecule has 4 N–H and O–H groups in total. The Kier molecular flexibility index (Phi) is 6.34. The smallest absolute Gasteiger partial charge is 0.352 e. The van der Waals surface area contributed by atoms with E-state index in [9.17, 15) is 19.5 Å². The van der Waals surface area contributed by atoms with Gasteiger partial charge in [0, 0.05) is 34.0 Å². The molecule has 190 valence electrons. The zero-order chi connectivity index (χ0) is 25.6. The average molecular weight is 533 g/mol. The molecule has 2 fully saturated rings. The Morgan fingerprint density at radius 3 is 2.61 bits per heavy atom. The minimum Gasteiger partial charge on any atom is -0.477 e. The van der Waals surface area contributed by atoms with Crippen molar-refractivity contribution in [3.05, 3.63) is 40.6 Å². The molecule has 4 aliphatic rings. The van der Waals surface area contributed by atoms with Crippen LogP contribution in [-0.4, -0.2) is 85.2 Å². The molecule has 1 aromatic heterocycles. The van der Waals surface area contributed by atoms with Crippen molar-refractivity contribution < 1.29 is 28.8 Å². The van der Waals surface area contributed by atoms with Gasteiger partial charge in [0.05, 0.1) is 7.05 Å². The van der Waals surface area contributed by atoms with E-state index in [1.807, 2.05) is 0 Å². The molecule has 2 amide bonds. The number of hydrogen-bond donors (Lipinski definition) is 3. The Hall–Kier alpha value is -3.23. The highest BCUT2D eigenvalue weighted by Gasteiger charge is 2.55. The number of allylic oxidation sites excluding steroid dienone is 2. The number of fused-ring (bicyclic) bond motifs is 2. The number of aromatic nitrogens is 2. The second-order valence-corrected chi connectivity index (χ2v) is 11.1. The molecule has 14 heteroatoms. The highest BCUT2D eigenvalue weighted by atomic mass is 32.2. The van der Waals surface area contributed by atoms with E-state index in [4.69, 9.17) is 10.6 Å². The molecule has 36 heavy (non-hydrogen) atoms. The predicted molar refractivity (Wildman–Crippen MR) is 133 cm³/mol. The van der Waals surface area contributed by atoms with Crippen LogP contribution in [0.3, 0.4) is 0 Å². The van der Waals surface area contributed by atoms with Gasteiger partial charge >= 0.3 is 5.97 Å². The third kappa shape index (κ3) is 4.29. The highest BCUT2D eigenvalue weighted by Crippen LogP contribution is 2.42. The normalized spacial score (nSPS) is 24.9. The molecule has 12 nitrogen and oxygen atoms in total. The van der Waals surface area contributed by atoms with E-state index in [1.54, 1.807) is 0 Å². The van der Waals surface area contributed by atoms with Gasteiger partial charge in [-0.05, 0) is 25.7 Å². The van der Waals surface area contributed by atoms with E-state index in [0.29, 0.717) is 22.4 Å². The molecular weight excluding hydrogens is 506 g/mol. The number of hydrogen-bond acceptors (Lipinski definition) is 10. The number of carboxylic acids is 1. The minimum absolute atomic E-state index is 0.00000512. The van der Waals surface area contributed by atoms with Gasteiger partial charge < -0.3 is 21.0 Å². The number of thioether (sulfide) groups is 1. The molecule has 1 saturated carbocycles. The number of anilines is 1. The van der Waals surface area contributed by atoms with Crippen molar-refractivity contribution in [3.8, 4) is 0 Å². The maximum absolute atomic E-state index is 13.1. The number of β-lactam (4-membered cyclic amide) rings is 1. The topological polar surface area (TPSA) is 160 Å². The lowest BCUT2D eigenvalue weighted by molar-refractivity contribution is -0.799. The van der Waals surface area contributed by atoms with Crippen molar-refractivity contribution in [3.63, 3.8) is 0 Å². The number of amides is 2. The SMILES string of the molecule is CO/N=C(\C(=O)N[C@@H]1C(=O)N2C(C(=O)O)=C(C[N+]3(C)C=C4CCCCC4=C3)CS[C@H]12)c1nsc(N)n1. The van der Waals surface area contributed by atoms with Gasteiger partial charge in [0.15, 0.2) is 5.13 Å². The maximum atomic E-state index is 13.1. The Morgan fingerprint density at radius 1 is 1.33 bits per heavy atom. The molecule has 2 atom stereocenters. The summed E-state index contributed by atoms with van der Waals surface area (Å²) >= 11 is 2.32. The fraction of sp³-hybridized carbons (Fsp3) is 0.455. The number of nitrogens with one attached hydrogen (secondary N) is 1. The molecule has 1 saturated heterocycles. The zero-order valence-corrected chi connectivity index (χ0v) is 21.4. The van der Waals surface area contributed by atoms with Crippen LogP contribution < -0.4 is 11.1 Å². The van der Waals surface area contributed by atoms with E-state index in [0.717, 1.165) is 24.4 Å². The lowest BCUT2D eigenvalue weighted by Gasteiger charge is -2.49. The summed E-state index contributed by atoms with van der Waals surface area (Å²) in [6.07, 6.45) is 8.84. The van der Waals surface area contributed by atoms with Crippen LogP contribution in [0.15, 0.2) is 40.0 Å². The first-order valence-corrected chi connectivity index (χ1v) is 13.2. The number of quaternary nitrogens is 1. The Labute approximate surface area is 215 Å². The summed E-state index contributed by atoms with van der Waals surface area (Å²) in [6, 6.07) is -0.917. The first kappa shape index (κ1) is 24.5. The Balaban J connectivity index is 1.34. The van der Waals surface area contributed by atoms with Gasteiger partial charge in [0.2, 0.25) is 11.5 Å². The number of aliphatic carboxylic acids is 1. The van der Waals surface area contributed by atoms with Crippen molar-refractivity contribution in [2.75, 3.05) is 32.2 Å². The fourth-order valence-electron chi connectivity index (χ4n) is 5.12. The predicted octanol–water partition coefficient (Wildman–Crippen LogP) is 1.01. The van der Waals surface area contributed by atoms with Gasteiger partial charge in [0.25, 0.3) is 11.8 Å². The van der Waals surface area contributed by atoms with Gasteiger partial charge in [-0.2, -0.15) is 9.36 Å². The van der Waals surface area contributed by atoms with Crippen LogP contribution in [0.5, 0.6) is 0 Å². The van der Waals surface area contributed by atoms with Crippen LogP contribution in [0, 0.1) is 0 Å².